The molecule has 0 radical (unpaired) electrons. The highest BCUT2D eigenvalue weighted by atomic mass is 16.2. The SMILES string of the molecule is C.NC(=O)NC(=O)c1ccccc1. The normalized spacial score (nSPS) is 8.31. The number of primary amides is 1. The van der Waals surface area contributed by atoms with Gasteiger partial charge in [-0.15, -0.1) is 0 Å². The van der Waals surface area contributed by atoms with E-state index in [1.54, 1.807) is 30.3 Å². The minimum absolute atomic E-state index is 0. The molecule has 4 heteroatoms. The monoisotopic (exact) mass is 180 g/mol. The molecule has 1 aromatic rings. The number of amides is 3. The molecule has 0 saturated heterocycles. The molecule has 0 atom stereocenters. The second-order valence-electron chi connectivity index (χ2n) is 2.18. The first kappa shape index (κ1) is 11.2. The van der Waals surface area contributed by atoms with Gasteiger partial charge in [-0.3, -0.25) is 10.1 Å². The minimum Gasteiger partial charge on any atom is -0.351 e. The third-order valence-electron chi connectivity index (χ3n) is 1.27. The zero-order valence-corrected chi connectivity index (χ0v) is 6.28. The van der Waals surface area contributed by atoms with Gasteiger partial charge in [0, 0.05) is 5.56 Å². The number of hydrogen-bond donors (Lipinski definition) is 2. The fourth-order valence-electron chi connectivity index (χ4n) is 0.774. The van der Waals surface area contributed by atoms with Crippen molar-refractivity contribution >= 4 is 11.9 Å². The Hall–Kier alpha value is -1.84. The lowest BCUT2D eigenvalue weighted by atomic mass is 10.2. The van der Waals surface area contributed by atoms with Crippen molar-refractivity contribution in [1.29, 1.82) is 0 Å². The number of carbonyl (C=O) groups excluding carboxylic acids is 2. The Balaban J connectivity index is 0.00000144. The van der Waals surface area contributed by atoms with Crippen LogP contribution in [0, 0.1) is 0 Å². The summed E-state index contributed by atoms with van der Waals surface area (Å²) < 4.78 is 0. The van der Waals surface area contributed by atoms with E-state index < -0.39 is 11.9 Å². The fourth-order valence-corrected chi connectivity index (χ4v) is 0.774. The first-order chi connectivity index (χ1) is 5.70. The second kappa shape index (κ2) is 4.92. The maximum atomic E-state index is 11.0. The molecule has 0 bridgehead atoms. The van der Waals surface area contributed by atoms with Crippen molar-refractivity contribution in [2.24, 2.45) is 5.73 Å². The van der Waals surface area contributed by atoms with E-state index in [1.807, 2.05) is 5.32 Å². The Labute approximate surface area is 76.7 Å². The van der Waals surface area contributed by atoms with Gasteiger partial charge in [0.25, 0.3) is 5.91 Å². The molecule has 0 aliphatic heterocycles. The van der Waals surface area contributed by atoms with E-state index in [2.05, 4.69) is 0 Å². The molecule has 3 amide bonds. The molecule has 0 aliphatic carbocycles. The van der Waals surface area contributed by atoms with Gasteiger partial charge in [-0.25, -0.2) is 4.79 Å². The van der Waals surface area contributed by atoms with Crippen molar-refractivity contribution in [2.45, 2.75) is 7.43 Å². The van der Waals surface area contributed by atoms with Crippen LogP contribution in [0.15, 0.2) is 30.3 Å². The Bertz CT molecular complexity index is 296. The molecule has 4 nitrogen and oxygen atoms in total. The Morgan fingerprint density at radius 3 is 2.15 bits per heavy atom. The van der Waals surface area contributed by atoms with Gasteiger partial charge in [0.05, 0.1) is 0 Å². The van der Waals surface area contributed by atoms with E-state index in [1.165, 1.54) is 0 Å². The number of nitrogens with one attached hydrogen (secondary N) is 1. The van der Waals surface area contributed by atoms with Crippen molar-refractivity contribution in [3.8, 4) is 0 Å². The molecule has 0 fully saturated rings. The number of rotatable bonds is 1. The van der Waals surface area contributed by atoms with Crippen molar-refractivity contribution in [2.75, 3.05) is 0 Å². The zero-order valence-electron chi connectivity index (χ0n) is 6.28. The molecule has 0 spiro atoms. The van der Waals surface area contributed by atoms with Crippen LogP contribution < -0.4 is 11.1 Å². The number of carbonyl (C=O) groups is 2. The standard InChI is InChI=1S/C8H8N2O2.CH4/c9-8(12)10-7(11)6-4-2-1-3-5-6;/h1-5H,(H3,9,10,11,12);1H4. The van der Waals surface area contributed by atoms with Crippen LogP contribution in [0.2, 0.25) is 0 Å². The third-order valence-corrected chi connectivity index (χ3v) is 1.27. The summed E-state index contributed by atoms with van der Waals surface area (Å²) >= 11 is 0. The van der Waals surface area contributed by atoms with Gasteiger partial charge in [-0.05, 0) is 12.1 Å². The largest absolute Gasteiger partial charge is 0.351 e. The molecule has 0 saturated carbocycles. The molecule has 0 unspecified atom stereocenters. The molecule has 1 aromatic carbocycles. The Morgan fingerprint density at radius 2 is 1.69 bits per heavy atom. The summed E-state index contributed by atoms with van der Waals surface area (Å²) in [5, 5.41) is 1.96. The van der Waals surface area contributed by atoms with Crippen molar-refractivity contribution in [3.05, 3.63) is 35.9 Å². The van der Waals surface area contributed by atoms with E-state index >= 15 is 0 Å². The van der Waals surface area contributed by atoms with Gasteiger partial charge in [0.15, 0.2) is 0 Å². The van der Waals surface area contributed by atoms with Crippen molar-refractivity contribution in [3.63, 3.8) is 0 Å². The highest BCUT2D eigenvalue weighted by molar-refractivity contribution is 6.03. The summed E-state index contributed by atoms with van der Waals surface area (Å²) in [6.45, 7) is 0. The number of nitrogens with two attached hydrogens (primary N) is 1. The van der Waals surface area contributed by atoms with Gasteiger partial charge >= 0.3 is 6.03 Å². The first-order valence-electron chi connectivity index (χ1n) is 3.36. The van der Waals surface area contributed by atoms with Crippen molar-refractivity contribution in [1.82, 2.24) is 5.32 Å². The van der Waals surface area contributed by atoms with E-state index in [4.69, 9.17) is 5.73 Å². The van der Waals surface area contributed by atoms with E-state index in [0.29, 0.717) is 5.56 Å². The number of hydrogen-bond acceptors (Lipinski definition) is 2. The van der Waals surface area contributed by atoms with Gasteiger partial charge < -0.3 is 5.73 Å². The van der Waals surface area contributed by atoms with Gasteiger partial charge in [-0.2, -0.15) is 0 Å². The molecular formula is C9H12N2O2. The van der Waals surface area contributed by atoms with Crippen LogP contribution in [0.4, 0.5) is 4.79 Å². The molecule has 70 valence electrons. The Kier molecular flexibility index (Phi) is 4.23. The summed E-state index contributed by atoms with van der Waals surface area (Å²) in [6, 6.07) is 7.53. The zero-order chi connectivity index (χ0) is 8.97. The first-order valence-corrected chi connectivity index (χ1v) is 3.36. The Morgan fingerprint density at radius 1 is 1.15 bits per heavy atom. The topological polar surface area (TPSA) is 72.2 Å². The van der Waals surface area contributed by atoms with Crippen LogP contribution in [-0.4, -0.2) is 11.9 Å². The maximum Gasteiger partial charge on any atom is 0.319 e. The van der Waals surface area contributed by atoms with E-state index in [9.17, 15) is 9.59 Å². The molecule has 0 aromatic heterocycles. The molecule has 1 rings (SSSR count). The molecular weight excluding hydrogens is 168 g/mol. The maximum absolute atomic E-state index is 11.0. The van der Waals surface area contributed by atoms with Gasteiger partial charge in [0.1, 0.15) is 0 Å². The molecule has 3 N–H and O–H groups in total. The predicted molar refractivity (Wildman–Crippen MR) is 50.2 cm³/mol. The molecule has 13 heavy (non-hydrogen) atoms. The number of urea groups is 1. The van der Waals surface area contributed by atoms with E-state index in [-0.39, 0.29) is 7.43 Å². The van der Waals surface area contributed by atoms with Crippen LogP contribution in [-0.2, 0) is 0 Å². The smallest absolute Gasteiger partial charge is 0.319 e. The van der Waals surface area contributed by atoms with Crippen LogP contribution >= 0.6 is 0 Å². The second-order valence-corrected chi connectivity index (χ2v) is 2.18. The molecule has 0 aliphatic rings. The lowest BCUT2D eigenvalue weighted by molar-refractivity contribution is 0.0966. The fraction of sp³-hybridized carbons (Fsp3) is 0.111. The van der Waals surface area contributed by atoms with Crippen molar-refractivity contribution < 1.29 is 9.59 Å². The highest BCUT2D eigenvalue weighted by Crippen LogP contribution is 1.96. The third kappa shape index (κ3) is 3.37. The summed E-state index contributed by atoms with van der Waals surface area (Å²) in [5.41, 5.74) is 5.17. The average molecular weight is 180 g/mol. The van der Waals surface area contributed by atoms with Crippen LogP contribution in [0.1, 0.15) is 17.8 Å². The quantitative estimate of drug-likeness (QED) is 0.680. The lowest BCUT2D eigenvalue weighted by Crippen LogP contribution is -2.34. The lowest BCUT2D eigenvalue weighted by Gasteiger charge is -1.98. The van der Waals surface area contributed by atoms with Gasteiger partial charge in [-0.1, -0.05) is 25.6 Å². The summed E-state index contributed by atoms with van der Waals surface area (Å²) in [4.78, 5) is 21.3. The summed E-state index contributed by atoms with van der Waals surface area (Å²) in [6.07, 6.45) is 0. The highest BCUT2D eigenvalue weighted by Gasteiger charge is 2.05. The van der Waals surface area contributed by atoms with Crippen LogP contribution in [0.5, 0.6) is 0 Å². The van der Waals surface area contributed by atoms with E-state index in [0.717, 1.165) is 0 Å². The van der Waals surface area contributed by atoms with Gasteiger partial charge in [0.2, 0.25) is 0 Å². The van der Waals surface area contributed by atoms with Crippen LogP contribution in [0.25, 0.3) is 0 Å². The number of imide groups is 1. The number of benzene rings is 1. The minimum atomic E-state index is -0.844. The van der Waals surface area contributed by atoms with Crippen LogP contribution in [0.3, 0.4) is 0 Å². The summed E-state index contributed by atoms with van der Waals surface area (Å²) in [7, 11) is 0. The predicted octanol–water partition coefficient (Wildman–Crippen LogP) is 1.13. The molecule has 0 heterocycles. The summed E-state index contributed by atoms with van der Waals surface area (Å²) in [5.74, 6) is -0.483. The average Bonchev–Trinajstić information content (AvgIpc) is 2.05.